The molecule has 2 heteroatoms. The maximum atomic E-state index is 10.2. The Hall–Kier alpha value is -1.02. The summed E-state index contributed by atoms with van der Waals surface area (Å²) in [6.45, 7) is 8.53. The second-order valence-electron chi connectivity index (χ2n) is 6.34. The van der Waals surface area contributed by atoms with E-state index >= 15 is 0 Å². The molecule has 0 radical (unpaired) electrons. The van der Waals surface area contributed by atoms with Gasteiger partial charge in [-0.15, -0.1) is 0 Å². The van der Waals surface area contributed by atoms with Gasteiger partial charge in [0.05, 0.1) is 0 Å². The first kappa shape index (κ1) is 14.4. The molecule has 1 N–H and O–H groups in total. The van der Waals surface area contributed by atoms with Crippen molar-refractivity contribution in [1.29, 1.82) is 0 Å². The van der Waals surface area contributed by atoms with Gasteiger partial charge in [0.1, 0.15) is 5.75 Å². The highest BCUT2D eigenvalue weighted by molar-refractivity contribution is 5.39. The lowest BCUT2D eigenvalue weighted by Crippen LogP contribution is -2.35. The van der Waals surface area contributed by atoms with Crippen molar-refractivity contribution in [1.82, 2.24) is 4.90 Å². The summed E-state index contributed by atoms with van der Waals surface area (Å²) in [5.74, 6) is 1.15. The van der Waals surface area contributed by atoms with Crippen molar-refractivity contribution >= 4 is 0 Å². The van der Waals surface area contributed by atoms with E-state index in [0.717, 1.165) is 24.2 Å². The molecule has 0 saturated heterocycles. The lowest BCUT2D eigenvalue weighted by Gasteiger charge is -2.30. The van der Waals surface area contributed by atoms with E-state index in [1.54, 1.807) is 0 Å². The Morgan fingerprint density at radius 2 is 1.95 bits per heavy atom. The molecular formula is C17H27NO. The van der Waals surface area contributed by atoms with E-state index in [4.69, 9.17) is 0 Å². The number of phenolic OH excluding ortho intramolecular Hbond substituents is 1. The summed E-state index contributed by atoms with van der Waals surface area (Å²) in [4.78, 5) is 2.58. The minimum Gasteiger partial charge on any atom is -0.507 e. The summed E-state index contributed by atoms with van der Waals surface area (Å²) in [5.41, 5.74) is 2.06. The molecule has 1 aliphatic carbocycles. The monoisotopic (exact) mass is 261 g/mol. The molecule has 1 aromatic rings. The lowest BCUT2D eigenvalue weighted by atomic mass is 10.1. The highest BCUT2D eigenvalue weighted by Crippen LogP contribution is 2.29. The Morgan fingerprint density at radius 1 is 1.26 bits per heavy atom. The van der Waals surface area contributed by atoms with Crippen LogP contribution >= 0.6 is 0 Å². The zero-order valence-electron chi connectivity index (χ0n) is 12.5. The zero-order chi connectivity index (χ0) is 13.8. The number of hydrogen-bond donors (Lipinski definition) is 1. The third kappa shape index (κ3) is 3.73. The molecule has 0 amide bonds. The predicted molar refractivity (Wildman–Crippen MR) is 80.3 cm³/mol. The molecule has 0 bridgehead atoms. The maximum Gasteiger partial charge on any atom is 0.122 e. The molecule has 0 aromatic heterocycles. The van der Waals surface area contributed by atoms with Crippen molar-refractivity contribution in [3.05, 3.63) is 29.3 Å². The van der Waals surface area contributed by atoms with Gasteiger partial charge in [-0.05, 0) is 31.2 Å². The fourth-order valence-electron chi connectivity index (χ4n) is 3.15. The van der Waals surface area contributed by atoms with Gasteiger partial charge in [0.25, 0.3) is 0 Å². The first-order valence-corrected chi connectivity index (χ1v) is 7.59. The van der Waals surface area contributed by atoms with Crippen molar-refractivity contribution in [2.75, 3.05) is 6.54 Å². The molecule has 1 aliphatic rings. The van der Waals surface area contributed by atoms with Gasteiger partial charge < -0.3 is 5.11 Å². The van der Waals surface area contributed by atoms with E-state index < -0.39 is 0 Å². The van der Waals surface area contributed by atoms with Crippen molar-refractivity contribution in [3.63, 3.8) is 0 Å². The van der Waals surface area contributed by atoms with Crippen molar-refractivity contribution in [2.24, 2.45) is 5.92 Å². The molecule has 1 fully saturated rings. The molecule has 19 heavy (non-hydrogen) atoms. The van der Waals surface area contributed by atoms with E-state index in [9.17, 15) is 5.11 Å². The van der Waals surface area contributed by atoms with Crippen LogP contribution in [0.4, 0.5) is 0 Å². The number of benzene rings is 1. The van der Waals surface area contributed by atoms with E-state index in [2.05, 4.69) is 24.8 Å². The summed E-state index contributed by atoms with van der Waals surface area (Å²) in [7, 11) is 0. The van der Waals surface area contributed by atoms with Gasteiger partial charge in [-0.1, -0.05) is 44.9 Å². The van der Waals surface area contributed by atoms with Crippen LogP contribution in [0.15, 0.2) is 18.2 Å². The van der Waals surface area contributed by atoms with Crippen molar-refractivity contribution in [2.45, 2.75) is 59.0 Å². The Kier molecular flexibility index (Phi) is 4.87. The highest BCUT2D eigenvalue weighted by Gasteiger charge is 2.24. The number of phenols is 1. The summed E-state index contributed by atoms with van der Waals surface area (Å²) in [6, 6.07) is 6.79. The minimum atomic E-state index is 0.481. The Bertz CT molecular complexity index is 408. The van der Waals surface area contributed by atoms with Gasteiger partial charge >= 0.3 is 0 Å². The number of aromatic hydroxyl groups is 1. The average Bonchev–Trinajstić information content (AvgIpc) is 2.87. The molecule has 0 unspecified atom stereocenters. The molecule has 0 atom stereocenters. The normalized spacial score (nSPS) is 16.7. The molecule has 106 valence electrons. The second-order valence-corrected chi connectivity index (χ2v) is 6.34. The standard InChI is InChI=1S/C17H27NO/c1-13(2)11-18(16-9-4-5-10-16)12-15-8-6-7-14(3)17(15)19/h6-8,13,16,19H,4-5,9-12H2,1-3H3. The van der Waals surface area contributed by atoms with Gasteiger partial charge in [0.2, 0.25) is 0 Å². The fourth-order valence-corrected chi connectivity index (χ4v) is 3.15. The van der Waals surface area contributed by atoms with Crippen molar-refractivity contribution < 1.29 is 5.11 Å². The largest absolute Gasteiger partial charge is 0.507 e. The topological polar surface area (TPSA) is 23.5 Å². The van der Waals surface area contributed by atoms with E-state index in [-0.39, 0.29) is 0 Å². The van der Waals surface area contributed by atoms with Gasteiger partial charge in [0.15, 0.2) is 0 Å². The fraction of sp³-hybridized carbons (Fsp3) is 0.647. The third-order valence-corrected chi connectivity index (χ3v) is 4.14. The van der Waals surface area contributed by atoms with Gasteiger partial charge in [-0.3, -0.25) is 4.90 Å². The van der Waals surface area contributed by atoms with Crippen LogP contribution in [0.5, 0.6) is 5.75 Å². The Balaban J connectivity index is 2.12. The molecule has 1 aromatic carbocycles. The number of hydrogen-bond acceptors (Lipinski definition) is 2. The number of rotatable bonds is 5. The van der Waals surface area contributed by atoms with Crippen LogP contribution in [0.2, 0.25) is 0 Å². The van der Waals surface area contributed by atoms with Gasteiger partial charge in [0, 0.05) is 24.7 Å². The summed E-state index contributed by atoms with van der Waals surface area (Å²) < 4.78 is 0. The van der Waals surface area contributed by atoms with Crippen LogP contribution in [0.3, 0.4) is 0 Å². The Morgan fingerprint density at radius 3 is 2.58 bits per heavy atom. The van der Waals surface area contributed by atoms with Crippen LogP contribution in [0.25, 0.3) is 0 Å². The molecule has 0 spiro atoms. The van der Waals surface area contributed by atoms with Crippen LogP contribution < -0.4 is 0 Å². The summed E-state index contributed by atoms with van der Waals surface area (Å²) >= 11 is 0. The molecule has 0 heterocycles. The van der Waals surface area contributed by atoms with Gasteiger partial charge in [-0.2, -0.15) is 0 Å². The first-order chi connectivity index (χ1) is 9.08. The molecule has 1 saturated carbocycles. The van der Waals surface area contributed by atoms with E-state index in [1.807, 2.05) is 19.1 Å². The van der Waals surface area contributed by atoms with Crippen molar-refractivity contribution in [3.8, 4) is 5.75 Å². The smallest absolute Gasteiger partial charge is 0.122 e. The quantitative estimate of drug-likeness (QED) is 0.862. The number of para-hydroxylation sites is 1. The first-order valence-electron chi connectivity index (χ1n) is 7.59. The summed E-state index contributed by atoms with van der Waals surface area (Å²) in [5, 5.41) is 10.2. The van der Waals surface area contributed by atoms with Crippen LogP contribution in [-0.2, 0) is 6.54 Å². The maximum absolute atomic E-state index is 10.2. The number of nitrogens with zero attached hydrogens (tertiary/aromatic N) is 1. The zero-order valence-corrected chi connectivity index (χ0v) is 12.5. The van der Waals surface area contributed by atoms with Crippen LogP contribution in [-0.4, -0.2) is 22.6 Å². The second kappa shape index (κ2) is 6.42. The van der Waals surface area contributed by atoms with E-state index in [0.29, 0.717) is 17.7 Å². The number of aryl methyl sites for hydroxylation is 1. The van der Waals surface area contributed by atoms with Crippen LogP contribution in [0.1, 0.15) is 50.7 Å². The highest BCUT2D eigenvalue weighted by atomic mass is 16.3. The lowest BCUT2D eigenvalue weighted by molar-refractivity contribution is 0.167. The predicted octanol–water partition coefficient (Wildman–Crippen LogP) is 4.10. The molecule has 2 nitrogen and oxygen atoms in total. The van der Waals surface area contributed by atoms with E-state index in [1.165, 1.54) is 25.7 Å². The van der Waals surface area contributed by atoms with Crippen LogP contribution in [0, 0.1) is 12.8 Å². The third-order valence-electron chi connectivity index (χ3n) is 4.14. The van der Waals surface area contributed by atoms with Gasteiger partial charge in [-0.25, -0.2) is 0 Å². The minimum absolute atomic E-state index is 0.481. The molecule has 0 aliphatic heterocycles. The molecule has 2 rings (SSSR count). The summed E-state index contributed by atoms with van der Waals surface area (Å²) in [6.07, 6.45) is 5.36. The molecular weight excluding hydrogens is 234 g/mol. The SMILES string of the molecule is Cc1cccc(CN(CC(C)C)C2CCCC2)c1O. The Labute approximate surface area is 117 Å². The average molecular weight is 261 g/mol.